The van der Waals surface area contributed by atoms with Gasteiger partial charge in [-0.1, -0.05) is 13.3 Å². The van der Waals surface area contributed by atoms with Crippen molar-refractivity contribution >= 4 is 5.82 Å². The van der Waals surface area contributed by atoms with Crippen molar-refractivity contribution in [3.05, 3.63) is 17.8 Å². The summed E-state index contributed by atoms with van der Waals surface area (Å²) in [6, 6.07) is 4.10. The van der Waals surface area contributed by atoms with Gasteiger partial charge in [0.25, 0.3) is 0 Å². The molecule has 19 heavy (non-hydrogen) atoms. The topological polar surface area (TPSA) is 53.1 Å². The number of piperazine rings is 1. The molecule has 1 aromatic rings. The van der Waals surface area contributed by atoms with Crippen LogP contribution in [0.25, 0.3) is 0 Å². The van der Waals surface area contributed by atoms with Crippen molar-refractivity contribution in [1.82, 2.24) is 20.4 Å². The van der Waals surface area contributed by atoms with Crippen molar-refractivity contribution in [3.8, 4) is 0 Å². The summed E-state index contributed by atoms with van der Waals surface area (Å²) in [6.45, 7) is 8.87. The predicted octanol–water partition coefficient (Wildman–Crippen LogP) is 1.14. The summed E-state index contributed by atoms with van der Waals surface area (Å²) in [4.78, 5) is 2.51. The maximum absolute atomic E-state index is 4.21. The second-order valence-electron chi connectivity index (χ2n) is 5.03. The van der Waals surface area contributed by atoms with Crippen LogP contribution in [-0.4, -0.2) is 54.4 Å². The van der Waals surface area contributed by atoms with Crippen molar-refractivity contribution in [2.24, 2.45) is 0 Å². The van der Waals surface area contributed by atoms with Gasteiger partial charge in [-0.25, -0.2) is 0 Å². The van der Waals surface area contributed by atoms with Crippen LogP contribution in [0, 0.1) is 0 Å². The molecule has 5 heteroatoms. The Kier molecular flexibility index (Phi) is 6.04. The first-order chi connectivity index (χ1) is 9.38. The summed E-state index contributed by atoms with van der Waals surface area (Å²) in [6.07, 6.45) is 3.28. The molecular weight excluding hydrogens is 238 g/mol. The fourth-order valence-electron chi connectivity index (χ4n) is 2.30. The number of hydrogen-bond acceptors (Lipinski definition) is 5. The third kappa shape index (κ3) is 5.12. The zero-order valence-electron chi connectivity index (χ0n) is 11.9. The van der Waals surface area contributed by atoms with E-state index in [9.17, 15) is 0 Å². The molecule has 1 aromatic heterocycles. The molecule has 0 bridgehead atoms. The zero-order chi connectivity index (χ0) is 13.3. The van der Waals surface area contributed by atoms with E-state index in [1.165, 1.54) is 13.1 Å². The molecule has 0 spiro atoms. The monoisotopic (exact) mass is 263 g/mol. The van der Waals surface area contributed by atoms with Gasteiger partial charge in [-0.3, -0.25) is 0 Å². The first-order valence-electron chi connectivity index (χ1n) is 7.38. The van der Waals surface area contributed by atoms with Gasteiger partial charge in [-0.2, -0.15) is 5.10 Å². The number of aryl methyl sites for hydroxylation is 1. The Balaban J connectivity index is 1.62. The van der Waals surface area contributed by atoms with Crippen LogP contribution in [-0.2, 0) is 6.42 Å². The van der Waals surface area contributed by atoms with Crippen molar-refractivity contribution in [3.63, 3.8) is 0 Å². The Hall–Kier alpha value is -1.20. The van der Waals surface area contributed by atoms with E-state index in [1.54, 1.807) is 0 Å². The van der Waals surface area contributed by atoms with E-state index in [-0.39, 0.29) is 0 Å². The van der Waals surface area contributed by atoms with Crippen LogP contribution in [0.2, 0.25) is 0 Å². The highest BCUT2D eigenvalue weighted by Gasteiger charge is 2.08. The average molecular weight is 263 g/mol. The number of aromatic nitrogens is 2. The Bertz CT molecular complexity index is 345. The SMILES string of the molecule is CCCc1ccc(NCCCN2CCNCC2)nn1. The summed E-state index contributed by atoms with van der Waals surface area (Å²) in [7, 11) is 0. The fourth-order valence-corrected chi connectivity index (χ4v) is 2.30. The van der Waals surface area contributed by atoms with E-state index in [2.05, 4.69) is 38.7 Å². The predicted molar refractivity (Wildman–Crippen MR) is 78.4 cm³/mol. The molecule has 0 unspecified atom stereocenters. The van der Waals surface area contributed by atoms with Crippen molar-refractivity contribution in [2.75, 3.05) is 44.6 Å². The molecule has 2 heterocycles. The molecule has 0 atom stereocenters. The molecule has 1 aliphatic heterocycles. The maximum atomic E-state index is 4.21. The first kappa shape index (κ1) is 14.2. The number of nitrogens with one attached hydrogen (secondary N) is 2. The zero-order valence-corrected chi connectivity index (χ0v) is 11.9. The molecule has 106 valence electrons. The maximum Gasteiger partial charge on any atom is 0.148 e. The molecule has 2 rings (SSSR count). The second-order valence-corrected chi connectivity index (χ2v) is 5.03. The number of rotatable bonds is 7. The van der Waals surface area contributed by atoms with Gasteiger partial charge < -0.3 is 15.5 Å². The van der Waals surface area contributed by atoms with Crippen LogP contribution in [0.4, 0.5) is 5.82 Å². The minimum absolute atomic E-state index is 0.889. The second kappa shape index (κ2) is 8.07. The summed E-state index contributed by atoms with van der Waals surface area (Å²) in [5.41, 5.74) is 1.08. The highest BCUT2D eigenvalue weighted by atomic mass is 15.2. The van der Waals surface area contributed by atoms with Gasteiger partial charge >= 0.3 is 0 Å². The normalized spacial score (nSPS) is 16.5. The third-order valence-corrected chi connectivity index (χ3v) is 3.39. The first-order valence-corrected chi connectivity index (χ1v) is 7.38. The van der Waals surface area contributed by atoms with Crippen LogP contribution < -0.4 is 10.6 Å². The van der Waals surface area contributed by atoms with Crippen molar-refractivity contribution < 1.29 is 0 Å². The summed E-state index contributed by atoms with van der Waals surface area (Å²) < 4.78 is 0. The van der Waals surface area contributed by atoms with Gasteiger partial charge in [0.2, 0.25) is 0 Å². The minimum atomic E-state index is 0.889. The van der Waals surface area contributed by atoms with Crippen LogP contribution in [0.3, 0.4) is 0 Å². The fraction of sp³-hybridized carbons (Fsp3) is 0.714. The van der Waals surface area contributed by atoms with Gasteiger partial charge in [-0.05, 0) is 31.5 Å². The van der Waals surface area contributed by atoms with Crippen LogP contribution >= 0.6 is 0 Å². The summed E-state index contributed by atoms with van der Waals surface area (Å²) in [5, 5.41) is 15.1. The molecule has 0 aromatic carbocycles. The van der Waals surface area contributed by atoms with E-state index in [0.29, 0.717) is 0 Å². The van der Waals surface area contributed by atoms with E-state index >= 15 is 0 Å². The van der Waals surface area contributed by atoms with Gasteiger partial charge in [-0.15, -0.1) is 5.10 Å². The smallest absolute Gasteiger partial charge is 0.148 e. The highest BCUT2D eigenvalue weighted by molar-refractivity contribution is 5.32. The van der Waals surface area contributed by atoms with Crippen LogP contribution in [0.15, 0.2) is 12.1 Å². The Morgan fingerprint density at radius 3 is 2.79 bits per heavy atom. The number of hydrogen-bond donors (Lipinski definition) is 2. The molecule has 2 N–H and O–H groups in total. The molecule has 1 saturated heterocycles. The van der Waals surface area contributed by atoms with Gasteiger partial charge in [0.05, 0.1) is 5.69 Å². The molecule has 5 nitrogen and oxygen atoms in total. The van der Waals surface area contributed by atoms with E-state index in [0.717, 1.165) is 57.0 Å². The molecule has 0 amide bonds. The lowest BCUT2D eigenvalue weighted by atomic mass is 10.2. The lowest BCUT2D eigenvalue weighted by Gasteiger charge is -2.27. The Morgan fingerprint density at radius 1 is 1.26 bits per heavy atom. The largest absolute Gasteiger partial charge is 0.369 e. The lowest BCUT2D eigenvalue weighted by Crippen LogP contribution is -2.44. The van der Waals surface area contributed by atoms with Gasteiger partial charge in [0, 0.05) is 32.7 Å². The van der Waals surface area contributed by atoms with Crippen LogP contribution in [0.1, 0.15) is 25.5 Å². The molecule has 0 aliphatic carbocycles. The minimum Gasteiger partial charge on any atom is -0.369 e. The Labute approximate surface area is 115 Å². The van der Waals surface area contributed by atoms with Gasteiger partial charge in [0.1, 0.15) is 5.82 Å². The quantitative estimate of drug-likeness (QED) is 0.723. The van der Waals surface area contributed by atoms with E-state index in [1.807, 2.05) is 6.07 Å². The molecule has 0 radical (unpaired) electrons. The van der Waals surface area contributed by atoms with Crippen LogP contribution in [0.5, 0.6) is 0 Å². The van der Waals surface area contributed by atoms with Gasteiger partial charge in [0.15, 0.2) is 0 Å². The summed E-state index contributed by atoms with van der Waals surface area (Å²) in [5.74, 6) is 0.889. The van der Waals surface area contributed by atoms with Crippen molar-refractivity contribution in [2.45, 2.75) is 26.2 Å². The van der Waals surface area contributed by atoms with Crippen molar-refractivity contribution in [1.29, 1.82) is 0 Å². The summed E-state index contributed by atoms with van der Waals surface area (Å²) >= 11 is 0. The molecule has 1 fully saturated rings. The molecular formula is C14H25N5. The number of anilines is 1. The van der Waals surface area contributed by atoms with E-state index in [4.69, 9.17) is 0 Å². The lowest BCUT2D eigenvalue weighted by molar-refractivity contribution is 0.240. The van der Waals surface area contributed by atoms with E-state index < -0.39 is 0 Å². The molecule has 1 aliphatic rings. The average Bonchev–Trinajstić information content (AvgIpc) is 2.47. The number of nitrogens with zero attached hydrogens (tertiary/aromatic N) is 3. The standard InChI is InChI=1S/C14H25N5/c1-2-4-13-5-6-14(18-17-13)16-7-3-10-19-11-8-15-9-12-19/h5-6,15H,2-4,7-12H2,1H3,(H,16,18). The Morgan fingerprint density at radius 2 is 2.11 bits per heavy atom. The third-order valence-electron chi connectivity index (χ3n) is 3.39. The molecule has 0 saturated carbocycles. The highest BCUT2D eigenvalue weighted by Crippen LogP contribution is 2.04.